The molecule has 0 unspecified atom stereocenters. The predicted octanol–water partition coefficient (Wildman–Crippen LogP) is 0.244. The molecule has 0 aromatic heterocycles. The van der Waals surface area contributed by atoms with Crippen molar-refractivity contribution in [3.8, 4) is 0 Å². The van der Waals surface area contributed by atoms with Crippen LogP contribution in [0, 0.1) is 0 Å². The minimum absolute atomic E-state index is 0.646. The van der Waals surface area contributed by atoms with Gasteiger partial charge in [0.1, 0.15) is 6.61 Å². The first-order valence-electron chi connectivity index (χ1n) is 2.19. The number of rotatable bonds is 0. The highest BCUT2D eigenvalue weighted by molar-refractivity contribution is 5.45. The lowest BCUT2D eigenvalue weighted by Crippen LogP contribution is -1.89. The highest BCUT2D eigenvalue weighted by Crippen LogP contribution is 1.87. The van der Waals surface area contributed by atoms with E-state index in [0.29, 0.717) is 13.2 Å². The minimum Gasteiger partial charge on any atom is -0.472 e. The van der Waals surface area contributed by atoms with Crippen LogP contribution in [0.5, 0.6) is 0 Å². The molecule has 0 saturated heterocycles. The van der Waals surface area contributed by atoms with Gasteiger partial charge in [-0.05, 0) is 5.16 Å². The van der Waals surface area contributed by atoms with Crippen molar-refractivity contribution in [1.82, 2.24) is 0 Å². The Hall–Kier alpha value is -0.730. The van der Waals surface area contributed by atoms with E-state index < -0.39 is 0 Å². The van der Waals surface area contributed by atoms with Gasteiger partial charge in [0, 0.05) is 6.42 Å². The molecule has 1 aliphatic heterocycles. The summed E-state index contributed by atoms with van der Waals surface area (Å²) in [6.45, 7) is 1.32. The Bertz CT molecular complexity index is 64.1. The quantitative estimate of drug-likeness (QED) is 0.436. The Morgan fingerprint density at radius 1 is 1.43 bits per heavy atom. The maximum Gasteiger partial charge on any atom is 0.317 e. The van der Waals surface area contributed by atoms with Crippen LogP contribution < -0.4 is 0 Å². The molecule has 1 radical (unpaired) electrons. The SMILES string of the molecule is [C]1=NOCCCO1. The van der Waals surface area contributed by atoms with Crippen LogP contribution in [-0.2, 0) is 9.57 Å². The largest absolute Gasteiger partial charge is 0.472 e. The van der Waals surface area contributed by atoms with Crippen molar-refractivity contribution in [2.75, 3.05) is 13.2 Å². The van der Waals surface area contributed by atoms with Crippen LogP contribution in [0.25, 0.3) is 0 Å². The summed E-state index contributed by atoms with van der Waals surface area (Å²) in [6.07, 6.45) is 3.15. The van der Waals surface area contributed by atoms with Gasteiger partial charge < -0.3 is 9.57 Å². The van der Waals surface area contributed by atoms with Gasteiger partial charge in [0.05, 0.1) is 6.61 Å². The zero-order valence-corrected chi connectivity index (χ0v) is 3.89. The monoisotopic (exact) mass is 100 g/mol. The van der Waals surface area contributed by atoms with E-state index in [1.165, 1.54) is 0 Å². The average molecular weight is 100 g/mol. The number of ether oxygens (including phenoxy) is 1. The number of hydrogen-bond donors (Lipinski definition) is 0. The Kier molecular flexibility index (Phi) is 1.55. The third-order valence-corrected chi connectivity index (χ3v) is 0.648. The van der Waals surface area contributed by atoms with E-state index in [1.807, 2.05) is 0 Å². The lowest BCUT2D eigenvalue weighted by molar-refractivity contribution is 0.147. The topological polar surface area (TPSA) is 30.8 Å². The molecular formula is C4H6NO2. The molecule has 7 heavy (non-hydrogen) atoms. The lowest BCUT2D eigenvalue weighted by Gasteiger charge is -1.88. The second-order valence-corrected chi connectivity index (χ2v) is 1.22. The summed E-state index contributed by atoms with van der Waals surface area (Å²) in [5.41, 5.74) is 0. The van der Waals surface area contributed by atoms with Crippen LogP contribution in [-0.4, -0.2) is 19.6 Å². The van der Waals surface area contributed by atoms with Crippen LogP contribution in [0.1, 0.15) is 6.42 Å². The third-order valence-electron chi connectivity index (χ3n) is 0.648. The molecule has 0 aromatic carbocycles. The van der Waals surface area contributed by atoms with Crippen LogP contribution in [0.3, 0.4) is 0 Å². The van der Waals surface area contributed by atoms with Crippen molar-refractivity contribution in [2.45, 2.75) is 6.42 Å². The first kappa shape index (κ1) is 4.43. The molecule has 0 spiro atoms. The molecule has 0 bridgehead atoms. The number of hydrogen-bond acceptors (Lipinski definition) is 3. The zero-order valence-electron chi connectivity index (χ0n) is 3.89. The van der Waals surface area contributed by atoms with E-state index in [9.17, 15) is 0 Å². The minimum atomic E-state index is 0.646. The summed E-state index contributed by atoms with van der Waals surface area (Å²) in [5, 5.41) is 3.30. The van der Waals surface area contributed by atoms with E-state index in [-0.39, 0.29) is 0 Å². The van der Waals surface area contributed by atoms with Crippen molar-refractivity contribution in [1.29, 1.82) is 0 Å². The smallest absolute Gasteiger partial charge is 0.317 e. The van der Waals surface area contributed by atoms with E-state index in [4.69, 9.17) is 0 Å². The van der Waals surface area contributed by atoms with Crippen molar-refractivity contribution in [3.05, 3.63) is 0 Å². The Labute approximate surface area is 41.9 Å². The van der Waals surface area contributed by atoms with E-state index in [0.717, 1.165) is 6.42 Å². The summed E-state index contributed by atoms with van der Waals surface area (Å²) in [6, 6.07) is 0. The Morgan fingerprint density at radius 2 is 2.43 bits per heavy atom. The van der Waals surface area contributed by atoms with E-state index in [1.54, 1.807) is 0 Å². The van der Waals surface area contributed by atoms with Crippen LogP contribution in [0.2, 0.25) is 0 Å². The summed E-state index contributed by atoms with van der Waals surface area (Å²) in [7, 11) is 0. The number of nitrogens with zero attached hydrogens (tertiary/aromatic N) is 1. The van der Waals surface area contributed by atoms with Gasteiger partial charge in [0.15, 0.2) is 0 Å². The van der Waals surface area contributed by atoms with Crippen LogP contribution in [0.4, 0.5) is 0 Å². The normalized spacial score (nSPS) is 19.4. The maximum atomic E-state index is 4.65. The molecule has 0 saturated carbocycles. The average Bonchev–Trinajstić information content (AvgIpc) is 1.90. The predicted molar refractivity (Wildman–Crippen MR) is 24.0 cm³/mol. The molecule has 1 aliphatic rings. The van der Waals surface area contributed by atoms with Gasteiger partial charge in [-0.3, -0.25) is 0 Å². The highest BCUT2D eigenvalue weighted by atomic mass is 16.6. The second-order valence-electron chi connectivity index (χ2n) is 1.22. The molecular weight excluding hydrogens is 94.0 g/mol. The van der Waals surface area contributed by atoms with Gasteiger partial charge in [0.25, 0.3) is 0 Å². The van der Waals surface area contributed by atoms with E-state index in [2.05, 4.69) is 21.1 Å². The van der Waals surface area contributed by atoms with Crippen LogP contribution in [0.15, 0.2) is 5.16 Å². The van der Waals surface area contributed by atoms with Crippen molar-refractivity contribution < 1.29 is 9.57 Å². The molecule has 1 rings (SSSR count). The first-order valence-corrected chi connectivity index (χ1v) is 2.19. The van der Waals surface area contributed by atoms with Crippen LogP contribution >= 0.6 is 0 Å². The fourth-order valence-electron chi connectivity index (χ4n) is 0.340. The zero-order chi connectivity index (χ0) is 4.95. The fraction of sp³-hybridized carbons (Fsp3) is 0.750. The summed E-state index contributed by atoms with van der Waals surface area (Å²) in [5.74, 6) is 0. The third kappa shape index (κ3) is 1.43. The molecule has 39 valence electrons. The van der Waals surface area contributed by atoms with Gasteiger partial charge in [-0.1, -0.05) is 0 Å². The fourth-order valence-corrected chi connectivity index (χ4v) is 0.340. The van der Waals surface area contributed by atoms with Crippen molar-refractivity contribution in [2.24, 2.45) is 5.16 Å². The van der Waals surface area contributed by atoms with Gasteiger partial charge in [-0.2, -0.15) is 0 Å². The molecule has 0 atom stereocenters. The van der Waals surface area contributed by atoms with Gasteiger partial charge in [-0.15, -0.1) is 0 Å². The van der Waals surface area contributed by atoms with Crippen molar-refractivity contribution >= 4 is 6.40 Å². The molecule has 1 heterocycles. The molecule has 3 heteroatoms. The lowest BCUT2D eigenvalue weighted by atomic mass is 10.5. The van der Waals surface area contributed by atoms with Gasteiger partial charge >= 0.3 is 6.40 Å². The Morgan fingerprint density at radius 3 is 3.43 bits per heavy atom. The van der Waals surface area contributed by atoms with Crippen molar-refractivity contribution in [3.63, 3.8) is 0 Å². The van der Waals surface area contributed by atoms with Gasteiger partial charge in [-0.25, -0.2) is 0 Å². The summed E-state index contributed by atoms with van der Waals surface area (Å²) < 4.78 is 4.65. The molecule has 0 aromatic rings. The Balaban J connectivity index is 2.20. The van der Waals surface area contributed by atoms with E-state index >= 15 is 0 Å². The summed E-state index contributed by atoms with van der Waals surface area (Å²) >= 11 is 0. The first-order chi connectivity index (χ1) is 3.50. The standard InChI is InChI=1S/C4H6NO2/c1-2-6-4-5-7-3-1/h1-3H2. The molecule has 0 aliphatic carbocycles. The highest BCUT2D eigenvalue weighted by Gasteiger charge is 1.90. The molecule has 0 amide bonds. The molecule has 0 fully saturated rings. The summed E-state index contributed by atoms with van der Waals surface area (Å²) in [4.78, 5) is 4.58. The van der Waals surface area contributed by atoms with Gasteiger partial charge in [0.2, 0.25) is 0 Å². The molecule has 0 N–H and O–H groups in total. The second kappa shape index (κ2) is 2.44. The maximum absolute atomic E-state index is 4.65. The molecule has 3 nitrogen and oxygen atoms in total.